The quantitative estimate of drug-likeness (QED) is 0.197. The fraction of sp³-hybridized carbons (Fsp3) is 0.514. The van der Waals surface area contributed by atoms with Crippen molar-refractivity contribution in [1.82, 2.24) is 15.1 Å². The van der Waals surface area contributed by atoms with E-state index in [1.807, 2.05) is 29.2 Å². The third-order valence-corrected chi connectivity index (χ3v) is 10.2. The first-order chi connectivity index (χ1) is 23.0. The molecular formula is C37H48ClF3N6O. The normalized spacial score (nSPS) is 20.8. The van der Waals surface area contributed by atoms with Crippen LogP contribution in [-0.2, 0) is 17.5 Å². The predicted octanol–water partition coefficient (Wildman–Crippen LogP) is 6.98. The Morgan fingerprint density at radius 3 is 2.40 bits per heavy atom. The molecule has 2 fully saturated rings. The van der Waals surface area contributed by atoms with Crippen molar-refractivity contribution in [1.29, 1.82) is 0 Å². The van der Waals surface area contributed by atoms with E-state index in [1.54, 1.807) is 13.1 Å². The molecule has 260 valence electrons. The van der Waals surface area contributed by atoms with Gasteiger partial charge in [-0.15, -0.1) is 0 Å². The Morgan fingerprint density at radius 1 is 1.08 bits per heavy atom. The summed E-state index contributed by atoms with van der Waals surface area (Å²) < 4.78 is 41.5. The van der Waals surface area contributed by atoms with E-state index < -0.39 is 11.7 Å². The number of anilines is 1. The first kappa shape index (κ1) is 36.1. The zero-order chi connectivity index (χ0) is 34.3. The molecular weight excluding hydrogens is 637 g/mol. The number of carbonyl (C=O) groups is 1. The number of rotatable bonds is 11. The van der Waals surface area contributed by atoms with E-state index in [4.69, 9.17) is 17.3 Å². The molecule has 2 aromatic rings. The Hall–Kier alpha value is -3.18. The number of nitrogens with zero attached hydrogens (tertiary/aromatic N) is 4. The lowest BCUT2D eigenvalue weighted by Crippen LogP contribution is -2.48. The molecule has 1 heterocycles. The van der Waals surface area contributed by atoms with Crippen molar-refractivity contribution in [3.05, 3.63) is 88.0 Å². The molecule has 1 saturated carbocycles. The minimum absolute atomic E-state index is 0.143. The van der Waals surface area contributed by atoms with Gasteiger partial charge in [-0.25, -0.2) is 0 Å². The monoisotopic (exact) mass is 684 g/mol. The van der Waals surface area contributed by atoms with Crippen molar-refractivity contribution in [2.75, 3.05) is 51.7 Å². The van der Waals surface area contributed by atoms with E-state index in [-0.39, 0.29) is 29.9 Å². The van der Waals surface area contributed by atoms with Gasteiger partial charge in [0.2, 0.25) is 5.91 Å². The Balaban J connectivity index is 1.41. The van der Waals surface area contributed by atoms with Gasteiger partial charge in [0.15, 0.2) is 0 Å². The third-order valence-electron chi connectivity index (χ3n) is 9.88. The molecule has 3 aliphatic rings. The number of carbonyl (C=O) groups excluding carboxylic acids is 1. The first-order valence-corrected chi connectivity index (χ1v) is 17.4. The number of primary amides is 1. The molecule has 1 aliphatic heterocycles. The Labute approximate surface area is 287 Å². The number of amides is 1. The number of aliphatic imine (C=N–C) groups is 1. The Morgan fingerprint density at radius 2 is 1.79 bits per heavy atom. The van der Waals surface area contributed by atoms with Crippen molar-refractivity contribution in [3.63, 3.8) is 0 Å². The number of piperazine rings is 1. The van der Waals surface area contributed by atoms with Gasteiger partial charge in [-0.05, 0) is 74.2 Å². The summed E-state index contributed by atoms with van der Waals surface area (Å²) >= 11 is 5.97. The van der Waals surface area contributed by atoms with E-state index in [0.717, 1.165) is 62.0 Å². The van der Waals surface area contributed by atoms with Crippen LogP contribution in [0.1, 0.15) is 67.7 Å². The molecule has 2 unspecified atom stereocenters. The molecule has 2 aliphatic carbocycles. The lowest BCUT2D eigenvalue weighted by Gasteiger charge is -2.37. The molecule has 0 bridgehead atoms. The predicted molar refractivity (Wildman–Crippen MR) is 188 cm³/mol. The number of halogens is 4. The average molecular weight is 685 g/mol. The Kier molecular flexibility index (Phi) is 12.4. The maximum atomic E-state index is 13.8. The van der Waals surface area contributed by atoms with Crippen LogP contribution < -0.4 is 16.0 Å². The number of benzene rings is 2. The molecule has 7 nitrogen and oxygen atoms in total. The first-order valence-electron chi connectivity index (χ1n) is 17.0. The van der Waals surface area contributed by atoms with Gasteiger partial charge in [-0.2, -0.15) is 13.2 Å². The van der Waals surface area contributed by atoms with Gasteiger partial charge in [0, 0.05) is 69.5 Å². The van der Waals surface area contributed by atoms with Gasteiger partial charge in [0.25, 0.3) is 0 Å². The minimum Gasteiger partial charge on any atom is -0.370 e. The smallest absolute Gasteiger partial charge is 0.370 e. The number of hydrogen-bond acceptors (Lipinski definition) is 5. The van der Waals surface area contributed by atoms with E-state index in [9.17, 15) is 18.0 Å². The highest BCUT2D eigenvalue weighted by Crippen LogP contribution is 2.36. The molecule has 48 heavy (non-hydrogen) atoms. The van der Waals surface area contributed by atoms with Crippen LogP contribution in [0.2, 0.25) is 5.02 Å². The van der Waals surface area contributed by atoms with Gasteiger partial charge in [-0.3, -0.25) is 14.7 Å². The van der Waals surface area contributed by atoms with Gasteiger partial charge in [0.1, 0.15) is 5.84 Å². The van der Waals surface area contributed by atoms with Gasteiger partial charge in [-0.1, -0.05) is 67.3 Å². The van der Waals surface area contributed by atoms with Crippen LogP contribution in [0, 0.1) is 5.92 Å². The third kappa shape index (κ3) is 9.49. The van der Waals surface area contributed by atoms with E-state index >= 15 is 0 Å². The SMILES string of the molecule is CN=C(C1=CCC(N2CCN(C)CC2)C=C1)N(Cc1ccc(Cl)c(C(F)(F)F)c1)c1ccc(C(CC(N)=O)NCC2CCCCC2)cc1. The minimum atomic E-state index is -4.58. The topological polar surface area (TPSA) is 77.2 Å². The largest absolute Gasteiger partial charge is 0.417 e. The molecule has 0 aromatic heterocycles. The van der Waals surface area contributed by atoms with E-state index in [1.165, 1.54) is 38.2 Å². The Bertz CT molecular complexity index is 1480. The summed E-state index contributed by atoms with van der Waals surface area (Å²) in [6.07, 6.45) is 9.01. The van der Waals surface area contributed by atoms with Crippen LogP contribution >= 0.6 is 11.6 Å². The van der Waals surface area contributed by atoms with Crippen LogP contribution in [0.4, 0.5) is 18.9 Å². The van der Waals surface area contributed by atoms with Crippen molar-refractivity contribution < 1.29 is 18.0 Å². The maximum absolute atomic E-state index is 13.8. The number of hydrogen-bond donors (Lipinski definition) is 2. The van der Waals surface area contributed by atoms with Crippen molar-refractivity contribution >= 4 is 29.0 Å². The molecule has 3 N–H and O–H groups in total. The standard InChI is InChI=1S/C37H48ClF3N6O/c1-43-36(29-11-13-30(14-12-29)46-20-18-45(2)19-21-46)47(25-27-8-17-33(38)32(22-27)37(39,40)41)31-15-9-28(10-16-31)34(23-35(42)48)44-24-26-6-4-3-5-7-26/h8-13,15-17,22,26,30,34,44H,3-7,14,18-21,23-25H2,1-2H3,(H2,42,48). The molecule has 5 rings (SSSR count). The molecule has 2 atom stereocenters. The zero-order valence-electron chi connectivity index (χ0n) is 28.0. The van der Waals surface area contributed by atoms with Crippen LogP contribution in [0.5, 0.6) is 0 Å². The maximum Gasteiger partial charge on any atom is 0.417 e. The molecule has 0 spiro atoms. The fourth-order valence-corrected chi connectivity index (χ4v) is 7.28. The summed E-state index contributed by atoms with van der Waals surface area (Å²) in [7, 11) is 3.85. The van der Waals surface area contributed by atoms with Crippen LogP contribution in [0.3, 0.4) is 0 Å². The summed E-state index contributed by atoms with van der Waals surface area (Å²) in [5, 5.41) is 3.26. The number of alkyl halides is 3. The number of nitrogens with two attached hydrogens (primary N) is 1. The summed E-state index contributed by atoms with van der Waals surface area (Å²) in [6, 6.07) is 11.9. The fourth-order valence-electron chi connectivity index (χ4n) is 7.06. The molecule has 1 amide bonds. The summed E-state index contributed by atoms with van der Waals surface area (Å²) in [6.45, 7) is 5.04. The number of likely N-dealkylation sites (N-methyl/N-ethyl adjacent to an activating group) is 1. The van der Waals surface area contributed by atoms with Crippen molar-refractivity contribution in [3.8, 4) is 0 Å². The van der Waals surface area contributed by atoms with Gasteiger partial charge < -0.3 is 20.9 Å². The highest BCUT2D eigenvalue weighted by atomic mass is 35.5. The highest BCUT2D eigenvalue weighted by Gasteiger charge is 2.34. The lowest BCUT2D eigenvalue weighted by molar-refractivity contribution is -0.137. The highest BCUT2D eigenvalue weighted by molar-refractivity contribution is 6.31. The molecule has 1 saturated heterocycles. The summed E-state index contributed by atoms with van der Waals surface area (Å²) in [5.74, 6) is 0.862. The second-order valence-electron chi connectivity index (χ2n) is 13.3. The van der Waals surface area contributed by atoms with Crippen molar-refractivity contribution in [2.45, 2.75) is 69.8 Å². The number of amidine groups is 1. The van der Waals surface area contributed by atoms with Crippen LogP contribution in [0.15, 0.2) is 71.3 Å². The number of nitrogens with one attached hydrogen (secondary N) is 1. The van der Waals surface area contributed by atoms with Crippen LogP contribution in [-0.4, -0.2) is 74.4 Å². The average Bonchev–Trinajstić information content (AvgIpc) is 3.08. The zero-order valence-corrected chi connectivity index (χ0v) is 28.7. The molecule has 11 heteroatoms. The van der Waals surface area contributed by atoms with E-state index in [0.29, 0.717) is 23.4 Å². The molecule has 0 radical (unpaired) electrons. The van der Waals surface area contributed by atoms with Gasteiger partial charge in [0.05, 0.1) is 10.6 Å². The molecule has 2 aromatic carbocycles. The van der Waals surface area contributed by atoms with Gasteiger partial charge >= 0.3 is 6.18 Å². The second-order valence-corrected chi connectivity index (χ2v) is 13.7. The lowest BCUT2D eigenvalue weighted by atomic mass is 9.89. The summed E-state index contributed by atoms with van der Waals surface area (Å²) in [4.78, 5) is 23.5. The van der Waals surface area contributed by atoms with Crippen molar-refractivity contribution in [2.24, 2.45) is 16.6 Å². The van der Waals surface area contributed by atoms with E-state index in [2.05, 4.69) is 45.4 Å². The summed E-state index contributed by atoms with van der Waals surface area (Å²) in [5.41, 5.74) is 7.85. The second kappa shape index (κ2) is 16.5. The van der Waals surface area contributed by atoms with Crippen LogP contribution in [0.25, 0.3) is 0 Å².